The Hall–Kier alpha value is -1.52. The van der Waals surface area contributed by atoms with Crippen LogP contribution in [0.2, 0.25) is 0 Å². The van der Waals surface area contributed by atoms with Crippen molar-refractivity contribution in [1.29, 1.82) is 0 Å². The smallest absolute Gasteiger partial charge is 0.271 e. The van der Waals surface area contributed by atoms with Gasteiger partial charge in [0.2, 0.25) is 0 Å². The molecule has 5 nitrogen and oxygen atoms in total. The number of carbonyl (C=O) groups is 1. The number of hydrogen-bond donors (Lipinski definition) is 2. The SMILES string of the molecule is CCn1ncc(N)c1C(=O)NCCC1CCCC1. The molecule has 0 atom stereocenters. The fraction of sp³-hybridized carbons (Fsp3) is 0.692. The highest BCUT2D eigenvalue weighted by Crippen LogP contribution is 2.26. The summed E-state index contributed by atoms with van der Waals surface area (Å²) in [5.41, 5.74) is 6.71. The maximum Gasteiger partial charge on any atom is 0.271 e. The Morgan fingerprint density at radius 2 is 2.28 bits per heavy atom. The molecular weight excluding hydrogens is 228 g/mol. The number of rotatable bonds is 5. The van der Waals surface area contributed by atoms with Crippen molar-refractivity contribution in [3.63, 3.8) is 0 Å². The van der Waals surface area contributed by atoms with Gasteiger partial charge in [0.15, 0.2) is 0 Å². The quantitative estimate of drug-likeness (QED) is 0.837. The highest BCUT2D eigenvalue weighted by Gasteiger charge is 2.18. The highest BCUT2D eigenvalue weighted by molar-refractivity contribution is 5.97. The number of anilines is 1. The van der Waals surface area contributed by atoms with Gasteiger partial charge in [0.05, 0.1) is 11.9 Å². The van der Waals surface area contributed by atoms with E-state index in [1.54, 1.807) is 4.68 Å². The molecule has 1 fully saturated rings. The summed E-state index contributed by atoms with van der Waals surface area (Å²) < 4.78 is 1.64. The van der Waals surface area contributed by atoms with E-state index in [9.17, 15) is 4.79 Å². The first-order chi connectivity index (χ1) is 8.72. The van der Waals surface area contributed by atoms with Crippen molar-refractivity contribution in [2.75, 3.05) is 12.3 Å². The van der Waals surface area contributed by atoms with Gasteiger partial charge in [-0.25, -0.2) is 0 Å². The van der Waals surface area contributed by atoms with E-state index in [-0.39, 0.29) is 5.91 Å². The molecule has 1 amide bonds. The Bertz CT molecular complexity index is 407. The van der Waals surface area contributed by atoms with Crippen LogP contribution in [-0.4, -0.2) is 22.2 Å². The summed E-state index contributed by atoms with van der Waals surface area (Å²) in [7, 11) is 0. The van der Waals surface area contributed by atoms with Gasteiger partial charge in [-0.05, 0) is 19.3 Å². The van der Waals surface area contributed by atoms with Crippen molar-refractivity contribution >= 4 is 11.6 Å². The normalized spacial score (nSPS) is 16.1. The molecule has 1 heterocycles. The molecule has 1 aliphatic carbocycles. The number of nitrogens with one attached hydrogen (secondary N) is 1. The standard InChI is InChI=1S/C13H22N4O/c1-2-17-12(11(14)9-16-17)13(18)15-8-7-10-5-3-4-6-10/h9-10H,2-8,14H2,1H3,(H,15,18). The fourth-order valence-electron chi connectivity index (χ4n) is 2.66. The molecular formula is C13H22N4O. The van der Waals surface area contributed by atoms with Crippen molar-refractivity contribution in [1.82, 2.24) is 15.1 Å². The van der Waals surface area contributed by atoms with Crippen LogP contribution in [0, 0.1) is 5.92 Å². The molecule has 18 heavy (non-hydrogen) atoms. The number of aromatic nitrogens is 2. The van der Waals surface area contributed by atoms with Crippen LogP contribution < -0.4 is 11.1 Å². The predicted molar refractivity (Wildman–Crippen MR) is 71.2 cm³/mol. The van der Waals surface area contributed by atoms with E-state index in [1.165, 1.54) is 31.9 Å². The van der Waals surface area contributed by atoms with E-state index in [0.717, 1.165) is 18.9 Å². The Morgan fingerprint density at radius 1 is 1.56 bits per heavy atom. The monoisotopic (exact) mass is 250 g/mol. The molecule has 0 aliphatic heterocycles. The second kappa shape index (κ2) is 5.89. The Balaban J connectivity index is 1.85. The van der Waals surface area contributed by atoms with Crippen molar-refractivity contribution in [2.45, 2.75) is 45.6 Å². The summed E-state index contributed by atoms with van der Waals surface area (Å²) >= 11 is 0. The Labute approximate surface area is 108 Å². The summed E-state index contributed by atoms with van der Waals surface area (Å²) in [6.07, 6.45) is 7.92. The molecule has 0 radical (unpaired) electrons. The van der Waals surface area contributed by atoms with E-state index >= 15 is 0 Å². The number of nitrogen functional groups attached to an aromatic ring is 1. The summed E-state index contributed by atoms with van der Waals surface area (Å²) in [5.74, 6) is 0.684. The molecule has 100 valence electrons. The molecule has 2 rings (SSSR count). The zero-order valence-corrected chi connectivity index (χ0v) is 11.0. The van der Waals surface area contributed by atoms with Crippen LogP contribution in [0.25, 0.3) is 0 Å². The van der Waals surface area contributed by atoms with Crippen LogP contribution in [0.15, 0.2) is 6.20 Å². The first-order valence-corrected chi connectivity index (χ1v) is 6.81. The van der Waals surface area contributed by atoms with Gasteiger partial charge in [-0.2, -0.15) is 5.10 Å². The second-order valence-electron chi connectivity index (χ2n) is 4.96. The number of nitrogens with zero attached hydrogens (tertiary/aromatic N) is 2. The molecule has 1 aliphatic rings. The number of amides is 1. The molecule has 1 aromatic rings. The third-order valence-corrected chi connectivity index (χ3v) is 3.70. The van der Waals surface area contributed by atoms with Crippen LogP contribution in [0.3, 0.4) is 0 Å². The van der Waals surface area contributed by atoms with E-state index in [4.69, 9.17) is 5.73 Å². The van der Waals surface area contributed by atoms with Gasteiger partial charge in [-0.1, -0.05) is 25.7 Å². The molecule has 1 saturated carbocycles. The minimum Gasteiger partial charge on any atom is -0.396 e. The van der Waals surface area contributed by atoms with Gasteiger partial charge in [0.25, 0.3) is 5.91 Å². The topological polar surface area (TPSA) is 72.9 Å². The molecule has 0 unspecified atom stereocenters. The average Bonchev–Trinajstić information content (AvgIpc) is 2.98. The van der Waals surface area contributed by atoms with Crippen LogP contribution in [0.1, 0.15) is 49.5 Å². The first kappa shape index (κ1) is 12.9. The van der Waals surface area contributed by atoms with Gasteiger partial charge in [0, 0.05) is 13.1 Å². The first-order valence-electron chi connectivity index (χ1n) is 6.81. The summed E-state index contributed by atoms with van der Waals surface area (Å²) in [5, 5.41) is 7.02. The van der Waals surface area contributed by atoms with Crippen molar-refractivity contribution in [3.05, 3.63) is 11.9 Å². The molecule has 0 spiro atoms. The third-order valence-electron chi connectivity index (χ3n) is 3.70. The minimum atomic E-state index is -0.107. The van der Waals surface area contributed by atoms with Gasteiger partial charge in [-0.3, -0.25) is 9.48 Å². The van der Waals surface area contributed by atoms with Gasteiger partial charge < -0.3 is 11.1 Å². The summed E-state index contributed by atoms with van der Waals surface area (Å²) in [6, 6.07) is 0. The van der Waals surface area contributed by atoms with Crippen molar-refractivity contribution in [3.8, 4) is 0 Å². The zero-order valence-electron chi connectivity index (χ0n) is 11.0. The molecule has 1 aromatic heterocycles. The third kappa shape index (κ3) is 2.83. The Kier molecular flexibility index (Phi) is 4.23. The summed E-state index contributed by atoms with van der Waals surface area (Å²) in [6.45, 7) is 3.34. The van der Waals surface area contributed by atoms with E-state index < -0.39 is 0 Å². The van der Waals surface area contributed by atoms with E-state index in [1.807, 2.05) is 6.92 Å². The maximum absolute atomic E-state index is 12.0. The maximum atomic E-state index is 12.0. The molecule has 5 heteroatoms. The number of hydrogen-bond acceptors (Lipinski definition) is 3. The van der Waals surface area contributed by atoms with E-state index in [0.29, 0.717) is 17.9 Å². The van der Waals surface area contributed by atoms with E-state index in [2.05, 4.69) is 10.4 Å². The second-order valence-corrected chi connectivity index (χ2v) is 4.96. The predicted octanol–water partition coefficient (Wildman–Crippen LogP) is 1.80. The molecule has 0 aromatic carbocycles. The summed E-state index contributed by atoms with van der Waals surface area (Å²) in [4.78, 5) is 12.0. The van der Waals surface area contributed by atoms with Crippen LogP contribution >= 0.6 is 0 Å². The molecule has 3 N–H and O–H groups in total. The lowest BCUT2D eigenvalue weighted by atomic mass is 10.0. The van der Waals surface area contributed by atoms with Crippen LogP contribution in [0.4, 0.5) is 5.69 Å². The lowest BCUT2D eigenvalue weighted by Gasteiger charge is -2.10. The number of nitrogens with two attached hydrogens (primary N) is 1. The number of carbonyl (C=O) groups excluding carboxylic acids is 1. The Morgan fingerprint density at radius 3 is 2.94 bits per heavy atom. The van der Waals surface area contributed by atoms with Crippen molar-refractivity contribution in [2.24, 2.45) is 5.92 Å². The van der Waals surface area contributed by atoms with Crippen molar-refractivity contribution < 1.29 is 4.79 Å². The van der Waals surface area contributed by atoms with Gasteiger partial charge >= 0.3 is 0 Å². The minimum absolute atomic E-state index is 0.107. The number of aryl methyl sites for hydroxylation is 1. The lowest BCUT2D eigenvalue weighted by molar-refractivity contribution is 0.0941. The largest absolute Gasteiger partial charge is 0.396 e. The fourth-order valence-corrected chi connectivity index (χ4v) is 2.66. The van der Waals surface area contributed by atoms with Crippen LogP contribution in [0.5, 0.6) is 0 Å². The molecule has 0 bridgehead atoms. The highest BCUT2D eigenvalue weighted by atomic mass is 16.2. The molecule has 0 saturated heterocycles. The average molecular weight is 250 g/mol. The van der Waals surface area contributed by atoms with Gasteiger partial charge in [-0.15, -0.1) is 0 Å². The van der Waals surface area contributed by atoms with Crippen LogP contribution in [-0.2, 0) is 6.54 Å². The van der Waals surface area contributed by atoms with Gasteiger partial charge in [0.1, 0.15) is 5.69 Å². The zero-order chi connectivity index (χ0) is 13.0. The lowest BCUT2D eigenvalue weighted by Crippen LogP contribution is -2.28.